The summed E-state index contributed by atoms with van der Waals surface area (Å²) in [7, 11) is 0. The molecule has 0 aromatic carbocycles. The van der Waals surface area contributed by atoms with Crippen molar-refractivity contribution in [1.82, 2.24) is 14.9 Å². The van der Waals surface area contributed by atoms with Gasteiger partial charge in [0.15, 0.2) is 0 Å². The smallest absolute Gasteiger partial charge is 0.381 e. The number of likely N-dealkylation sites (tertiary alicyclic amines) is 1. The highest BCUT2D eigenvalue weighted by Gasteiger charge is 2.48. The Kier molecular flexibility index (Phi) is 4.95. The van der Waals surface area contributed by atoms with E-state index in [4.69, 9.17) is 4.74 Å². The van der Waals surface area contributed by atoms with E-state index in [0.717, 1.165) is 93.7 Å². The third-order valence-corrected chi connectivity index (χ3v) is 7.49. The third kappa shape index (κ3) is 4.09. The van der Waals surface area contributed by atoms with Crippen LogP contribution in [0.3, 0.4) is 0 Å². The van der Waals surface area contributed by atoms with Gasteiger partial charge in [-0.05, 0) is 31.2 Å². The van der Waals surface area contributed by atoms with Crippen LogP contribution in [0.2, 0.25) is 0 Å². The molecule has 0 amide bonds. The Bertz CT molecular complexity index is 874. The minimum absolute atomic E-state index is 0.299. The molecule has 2 aromatic heterocycles. The van der Waals surface area contributed by atoms with Gasteiger partial charge in [0, 0.05) is 56.2 Å². The highest BCUT2D eigenvalue weighted by Crippen LogP contribution is 2.43. The summed E-state index contributed by atoms with van der Waals surface area (Å²) in [6, 6.07) is 1.63. The fourth-order valence-electron chi connectivity index (χ4n) is 5.13. The van der Waals surface area contributed by atoms with Gasteiger partial charge in [-0.3, -0.25) is 0 Å². The molecule has 5 heterocycles. The number of halogens is 3. The lowest BCUT2D eigenvalue weighted by atomic mass is 9.78. The zero-order valence-electron chi connectivity index (χ0n) is 16.2. The summed E-state index contributed by atoms with van der Waals surface area (Å²) in [6.07, 6.45) is -0.193. The standard InChI is InChI=1S/C20H25F3N4OS/c21-20(22,23)8-15-7-16-17(24-13-25-18(16)29-15)27-4-3-19(12-27)10-26(11-19)9-14-1-5-28-6-2-14/h7,13-14H,1-6,8-12H2. The van der Waals surface area contributed by atoms with Gasteiger partial charge >= 0.3 is 6.18 Å². The van der Waals surface area contributed by atoms with E-state index in [1.807, 2.05) is 0 Å². The zero-order valence-corrected chi connectivity index (χ0v) is 17.1. The lowest BCUT2D eigenvalue weighted by molar-refractivity contribution is -0.126. The van der Waals surface area contributed by atoms with Crippen molar-refractivity contribution in [2.45, 2.75) is 31.9 Å². The number of rotatable bonds is 4. The predicted octanol–water partition coefficient (Wildman–Crippen LogP) is 3.73. The SMILES string of the molecule is FC(F)(F)Cc1cc2c(N3CCC4(CN(CC5CCOCC5)C4)C3)ncnc2s1. The Morgan fingerprint density at radius 3 is 2.72 bits per heavy atom. The van der Waals surface area contributed by atoms with Crippen molar-refractivity contribution in [2.75, 3.05) is 50.8 Å². The van der Waals surface area contributed by atoms with Gasteiger partial charge in [-0.1, -0.05) is 0 Å². The maximum absolute atomic E-state index is 12.8. The Labute approximate surface area is 171 Å². The van der Waals surface area contributed by atoms with Crippen LogP contribution >= 0.6 is 11.3 Å². The van der Waals surface area contributed by atoms with Crippen molar-refractivity contribution in [1.29, 1.82) is 0 Å². The number of thiophene rings is 1. The molecule has 0 N–H and O–H groups in total. The van der Waals surface area contributed by atoms with Gasteiger partial charge in [0.25, 0.3) is 0 Å². The van der Waals surface area contributed by atoms with Gasteiger partial charge in [-0.25, -0.2) is 9.97 Å². The summed E-state index contributed by atoms with van der Waals surface area (Å²) >= 11 is 1.12. The van der Waals surface area contributed by atoms with Crippen LogP contribution < -0.4 is 4.90 Å². The summed E-state index contributed by atoms with van der Waals surface area (Å²) in [4.78, 5) is 14.4. The molecule has 3 fully saturated rings. The summed E-state index contributed by atoms with van der Waals surface area (Å²) < 4.78 is 43.8. The van der Waals surface area contributed by atoms with Crippen molar-refractivity contribution in [3.8, 4) is 0 Å². The van der Waals surface area contributed by atoms with Crippen molar-refractivity contribution >= 4 is 27.4 Å². The van der Waals surface area contributed by atoms with Crippen molar-refractivity contribution in [3.63, 3.8) is 0 Å². The first kappa shape index (κ1) is 19.5. The first-order valence-corrected chi connectivity index (χ1v) is 11.1. The highest BCUT2D eigenvalue weighted by atomic mass is 32.1. The molecule has 1 spiro atoms. The summed E-state index contributed by atoms with van der Waals surface area (Å²) in [6.45, 7) is 6.98. The molecule has 0 aliphatic carbocycles. The van der Waals surface area contributed by atoms with E-state index in [9.17, 15) is 13.2 Å². The zero-order chi connectivity index (χ0) is 20.1. The lowest BCUT2D eigenvalue weighted by Crippen LogP contribution is -2.58. The van der Waals surface area contributed by atoms with E-state index in [-0.39, 0.29) is 0 Å². The number of ether oxygens (including phenoxy) is 1. The van der Waals surface area contributed by atoms with Crippen LogP contribution in [0.15, 0.2) is 12.4 Å². The summed E-state index contributed by atoms with van der Waals surface area (Å²) in [5, 5.41) is 0.757. The van der Waals surface area contributed by atoms with Gasteiger partial charge in [0.1, 0.15) is 17.0 Å². The average molecular weight is 427 g/mol. The summed E-state index contributed by atoms with van der Waals surface area (Å²) in [5.41, 5.74) is 0.299. The molecule has 0 radical (unpaired) electrons. The number of hydrogen-bond acceptors (Lipinski definition) is 6. The van der Waals surface area contributed by atoms with Gasteiger partial charge in [-0.15, -0.1) is 11.3 Å². The molecule has 0 atom stereocenters. The third-order valence-electron chi connectivity index (χ3n) is 6.45. The van der Waals surface area contributed by atoms with Gasteiger partial charge < -0.3 is 14.5 Å². The van der Waals surface area contributed by atoms with E-state index >= 15 is 0 Å². The molecular weight excluding hydrogens is 401 g/mol. The van der Waals surface area contributed by atoms with Crippen LogP contribution in [0.4, 0.5) is 19.0 Å². The predicted molar refractivity (Wildman–Crippen MR) is 106 cm³/mol. The van der Waals surface area contributed by atoms with E-state index in [1.165, 1.54) is 6.33 Å². The van der Waals surface area contributed by atoms with Crippen molar-refractivity contribution < 1.29 is 17.9 Å². The molecule has 29 heavy (non-hydrogen) atoms. The second-order valence-corrected chi connectivity index (χ2v) is 9.93. The maximum Gasteiger partial charge on any atom is 0.393 e. The van der Waals surface area contributed by atoms with Crippen molar-refractivity contribution in [2.24, 2.45) is 11.3 Å². The highest BCUT2D eigenvalue weighted by molar-refractivity contribution is 7.18. The largest absolute Gasteiger partial charge is 0.393 e. The molecule has 0 unspecified atom stereocenters. The number of alkyl halides is 3. The molecule has 5 nitrogen and oxygen atoms in total. The normalized spacial score (nSPS) is 23.2. The molecule has 3 aliphatic heterocycles. The van der Waals surface area contributed by atoms with Gasteiger partial charge in [0.2, 0.25) is 0 Å². The molecule has 3 saturated heterocycles. The minimum atomic E-state index is -4.20. The number of fused-ring (bicyclic) bond motifs is 1. The minimum Gasteiger partial charge on any atom is -0.381 e. The number of anilines is 1. The quantitative estimate of drug-likeness (QED) is 0.745. The van der Waals surface area contributed by atoms with Gasteiger partial charge in [0.05, 0.1) is 11.8 Å². The van der Waals surface area contributed by atoms with Crippen LogP contribution in [0.25, 0.3) is 10.2 Å². The molecule has 0 bridgehead atoms. The van der Waals surface area contributed by atoms with Crippen LogP contribution in [-0.2, 0) is 11.2 Å². The first-order chi connectivity index (χ1) is 13.9. The number of hydrogen-bond donors (Lipinski definition) is 0. The Morgan fingerprint density at radius 1 is 1.17 bits per heavy atom. The number of aromatic nitrogens is 2. The molecule has 5 rings (SSSR count). The van der Waals surface area contributed by atoms with Crippen LogP contribution in [0.1, 0.15) is 24.1 Å². The van der Waals surface area contributed by atoms with E-state index < -0.39 is 12.6 Å². The Morgan fingerprint density at radius 2 is 1.97 bits per heavy atom. The average Bonchev–Trinajstić information content (AvgIpc) is 3.24. The Hall–Kier alpha value is -1.45. The van der Waals surface area contributed by atoms with E-state index in [0.29, 0.717) is 15.1 Å². The van der Waals surface area contributed by atoms with Gasteiger partial charge in [-0.2, -0.15) is 13.2 Å². The topological polar surface area (TPSA) is 41.5 Å². The molecular formula is C20H25F3N4OS. The van der Waals surface area contributed by atoms with Crippen LogP contribution in [0.5, 0.6) is 0 Å². The van der Waals surface area contributed by atoms with Crippen molar-refractivity contribution in [3.05, 3.63) is 17.3 Å². The van der Waals surface area contributed by atoms with Crippen LogP contribution in [0, 0.1) is 11.3 Å². The fraction of sp³-hybridized carbons (Fsp3) is 0.700. The lowest BCUT2D eigenvalue weighted by Gasteiger charge is -2.49. The molecule has 158 valence electrons. The second kappa shape index (κ2) is 7.35. The maximum atomic E-state index is 12.8. The monoisotopic (exact) mass is 426 g/mol. The second-order valence-electron chi connectivity index (χ2n) is 8.82. The fourth-order valence-corrected chi connectivity index (χ4v) is 6.15. The molecule has 0 saturated carbocycles. The number of nitrogens with zero attached hydrogens (tertiary/aromatic N) is 4. The van der Waals surface area contributed by atoms with E-state index in [2.05, 4.69) is 19.8 Å². The van der Waals surface area contributed by atoms with E-state index in [1.54, 1.807) is 6.07 Å². The molecule has 2 aromatic rings. The van der Waals surface area contributed by atoms with Crippen LogP contribution in [-0.4, -0.2) is 67.0 Å². The molecule has 3 aliphatic rings. The first-order valence-electron chi connectivity index (χ1n) is 10.2. The molecule has 9 heteroatoms. The summed E-state index contributed by atoms with van der Waals surface area (Å²) in [5.74, 6) is 1.54. The Balaban J connectivity index is 1.25.